The summed E-state index contributed by atoms with van der Waals surface area (Å²) in [6.45, 7) is 2.61. The molecule has 0 saturated carbocycles. The molecule has 168 valence electrons. The van der Waals surface area contributed by atoms with Crippen LogP contribution >= 0.6 is 23.1 Å². The number of rotatable bonds is 5. The van der Waals surface area contributed by atoms with Crippen LogP contribution in [0.4, 0.5) is 0 Å². The van der Waals surface area contributed by atoms with Crippen molar-refractivity contribution in [2.24, 2.45) is 0 Å². The third-order valence-corrected chi connectivity index (χ3v) is 8.26. The Kier molecular flexibility index (Phi) is 5.06. The van der Waals surface area contributed by atoms with E-state index in [0.717, 1.165) is 41.4 Å². The van der Waals surface area contributed by atoms with Gasteiger partial charge < -0.3 is 4.98 Å². The van der Waals surface area contributed by atoms with Crippen molar-refractivity contribution in [3.05, 3.63) is 61.2 Å². The van der Waals surface area contributed by atoms with Crippen LogP contribution < -0.4 is 11.1 Å². The van der Waals surface area contributed by atoms with Crippen LogP contribution in [-0.4, -0.2) is 29.1 Å². The van der Waals surface area contributed by atoms with E-state index in [1.165, 1.54) is 28.6 Å². The summed E-state index contributed by atoms with van der Waals surface area (Å²) in [4.78, 5) is 35.8. The van der Waals surface area contributed by atoms with Gasteiger partial charge in [-0.15, -0.1) is 21.5 Å². The quantitative estimate of drug-likeness (QED) is 0.385. The van der Waals surface area contributed by atoms with E-state index in [2.05, 4.69) is 15.2 Å². The Bertz CT molecular complexity index is 1640. The number of para-hydroxylation sites is 1. The van der Waals surface area contributed by atoms with Crippen LogP contribution in [0.25, 0.3) is 26.9 Å². The predicted octanol–water partition coefficient (Wildman–Crippen LogP) is 3.92. The second kappa shape index (κ2) is 8.11. The van der Waals surface area contributed by atoms with E-state index in [9.17, 15) is 9.59 Å². The van der Waals surface area contributed by atoms with Crippen molar-refractivity contribution in [3.8, 4) is 0 Å². The van der Waals surface area contributed by atoms with E-state index in [1.807, 2.05) is 35.6 Å². The SMILES string of the molecule is CCCn1c(=O)c2ccccc2n2c(SCc3nc4sc5c(c4c(=O)[nH]3)CCCC5)nnc12. The lowest BCUT2D eigenvalue weighted by atomic mass is 9.97. The highest BCUT2D eigenvalue weighted by Gasteiger charge is 2.21. The molecule has 0 unspecified atom stereocenters. The average molecular weight is 479 g/mol. The van der Waals surface area contributed by atoms with E-state index in [4.69, 9.17) is 4.98 Å². The molecule has 10 heteroatoms. The second-order valence-electron chi connectivity index (χ2n) is 8.28. The van der Waals surface area contributed by atoms with Gasteiger partial charge in [0.25, 0.3) is 11.1 Å². The Labute approximate surface area is 196 Å². The summed E-state index contributed by atoms with van der Waals surface area (Å²) in [5.74, 6) is 1.61. The maximum atomic E-state index is 13.0. The minimum atomic E-state index is -0.0537. The van der Waals surface area contributed by atoms with Crippen molar-refractivity contribution in [1.82, 2.24) is 29.1 Å². The molecule has 6 rings (SSSR count). The summed E-state index contributed by atoms with van der Waals surface area (Å²) in [5, 5.41) is 10.8. The number of thioether (sulfide) groups is 1. The van der Waals surface area contributed by atoms with Gasteiger partial charge in [0.2, 0.25) is 5.78 Å². The molecule has 0 fully saturated rings. The van der Waals surface area contributed by atoms with E-state index < -0.39 is 0 Å². The van der Waals surface area contributed by atoms with Crippen LogP contribution in [0.3, 0.4) is 0 Å². The fourth-order valence-corrected chi connectivity index (χ4v) is 6.75. The van der Waals surface area contributed by atoms with Crippen molar-refractivity contribution in [1.29, 1.82) is 0 Å². The van der Waals surface area contributed by atoms with Gasteiger partial charge in [-0.3, -0.25) is 18.6 Å². The largest absolute Gasteiger partial charge is 0.309 e. The zero-order chi connectivity index (χ0) is 22.5. The van der Waals surface area contributed by atoms with Gasteiger partial charge in [-0.1, -0.05) is 30.8 Å². The van der Waals surface area contributed by atoms with Crippen molar-refractivity contribution in [3.63, 3.8) is 0 Å². The van der Waals surface area contributed by atoms with Gasteiger partial charge in [0.05, 0.1) is 22.0 Å². The zero-order valence-electron chi connectivity index (χ0n) is 18.1. The number of aromatic amines is 1. The number of fused-ring (bicyclic) bond motifs is 6. The molecule has 33 heavy (non-hydrogen) atoms. The number of benzene rings is 1. The van der Waals surface area contributed by atoms with Gasteiger partial charge >= 0.3 is 0 Å². The number of hydrogen-bond acceptors (Lipinski definition) is 7. The molecule has 1 aliphatic carbocycles. The van der Waals surface area contributed by atoms with Gasteiger partial charge in [0.1, 0.15) is 10.7 Å². The molecule has 0 aliphatic heterocycles. The fraction of sp³-hybridized carbons (Fsp3) is 0.348. The van der Waals surface area contributed by atoms with Gasteiger partial charge in [-0.05, 0) is 49.8 Å². The number of aromatic nitrogens is 6. The van der Waals surface area contributed by atoms with E-state index in [-0.39, 0.29) is 11.1 Å². The number of H-pyrrole nitrogens is 1. The first kappa shape index (κ1) is 20.6. The van der Waals surface area contributed by atoms with Gasteiger partial charge in [-0.25, -0.2) is 4.98 Å². The third-order valence-electron chi connectivity index (χ3n) is 6.14. The first-order chi connectivity index (χ1) is 16.2. The lowest BCUT2D eigenvalue weighted by Crippen LogP contribution is -2.23. The molecule has 5 aromatic rings. The molecule has 0 bridgehead atoms. The Morgan fingerprint density at radius 3 is 2.88 bits per heavy atom. The maximum absolute atomic E-state index is 13.0. The highest BCUT2D eigenvalue weighted by Crippen LogP contribution is 2.34. The Balaban J connectivity index is 1.41. The Hall–Kier alpha value is -2.98. The summed E-state index contributed by atoms with van der Waals surface area (Å²) < 4.78 is 3.61. The van der Waals surface area contributed by atoms with Crippen LogP contribution in [0.15, 0.2) is 39.0 Å². The molecule has 0 radical (unpaired) electrons. The number of nitrogens with one attached hydrogen (secondary N) is 1. The number of hydrogen-bond donors (Lipinski definition) is 1. The Morgan fingerprint density at radius 1 is 1.15 bits per heavy atom. The van der Waals surface area contributed by atoms with Gasteiger partial charge in [0, 0.05) is 11.4 Å². The normalized spacial score (nSPS) is 13.8. The van der Waals surface area contributed by atoms with Crippen LogP contribution in [0.1, 0.15) is 42.5 Å². The minimum Gasteiger partial charge on any atom is -0.309 e. The highest BCUT2D eigenvalue weighted by molar-refractivity contribution is 7.98. The highest BCUT2D eigenvalue weighted by atomic mass is 32.2. The number of nitrogens with zero attached hydrogens (tertiary/aromatic N) is 5. The summed E-state index contributed by atoms with van der Waals surface area (Å²) >= 11 is 3.11. The first-order valence-corrected chi connectivity index (χ1v) is 13.0. The summed E-state index contributed by atoms with van der Waals surface area (Å²) in [5.41, 5.74) is 1.86. The molecule has 0 amide bonds. The van der Waals surface area contributed by atoms with Crippen LogP contribution in [0.2, 0.25) is 0 Å². The summed E-state index contributed by atoms with van der Waals surface area (Å²) in [6.07, 6.45) is 5.13. The maximum Gasteiger partial charge on any atom is 0.262 e. The number of thiophene rings is 1. The van der Waals surface area contributed by atoms with Gasteiger partial charge in [0.15, 0.2) is 5.16 Å². The lowest BCUT2D eigenvalue weighted by molar-refractivity contribution is 0.662. The van der Waals surface area contributed by atoms with E-state index in [1.54, 1.807) is 15.9 Å². The molecular weight excluding hydrogens is 456 g/mol. The smallest absolute Gasteiger partial charge is 0.262 e. The minimum absolute atomic E-state index is 0.0525. The second-order valence-corrected chi connectivity index (χ2v) is 10.3. The molecule has 0 atom stereocenters. The topological polar surface area (TPSA) is 97.9 Å². The van der Waals surface area contributed by atoms with Crippen molar-refractivity contribution in [2.45, 2.75) is 56.5 Å². The van der Waals surface area contributed by atoms with Crippen molar-refractivity contribution >= 4 is 50.0 Å². The van der Waals surface area contributed by atoms with Crippen molar-refractivity contribution in [2.75, 3.05) is 0 Å². The molecule has 1 N–H and O–H groups in total. The van der Waals surface area contributed by atoms with Crippen molar-refractivity contribution < 1.29 is 0 Å². The molecule has 4 aromatic heterocycles. The monoisotopic (exact) mass is 478 g/mol. The molecule has 1 aromatic carbocycles. The van der Waals surface area contributed by atoms with E-state index in [0.29, 0.717) is 34.4 Å². The summed E-state index contributed by atoms with van der Waals surface area (Å²) in [6, 6.07) is 7.53. The molecular formula is C23H22N6O2S2. The predicted molar refractivity (Wildman–Crippen MR) is 131 cm³/mol. The Morgan fingerprint density at radius 2 is 2.00 bits per heavy atom. The van der Waals surface area contributed by atoms with Crippen LogP contribution in [0, 0.1) is 0 Å². The average Bonchev–Trinajstić information content (AvgIpc) is 3.42. The lowest BCUT2D eigenvalue weighted by Gasteiger charge is -2.10. The molecule has 0 saturated heterocycles. The molecule has 1 aliphatic rings. The number of aryl methyl sites for hydroxylation is 3. The van der Waals surface area contributed by atoms with Crippen LogP contribution in [-0.2, 0) is 25.1 Å². The first-order valence-electron chi connectivity index (χ1n) is 11.2. The fourth-order valence-electron chi connectivity index (χ4n) is 4.66. The summed E-state index contributed by atoms with van der Waals surface area (Å²) in [7, 11) is 0. The zero-order valence-corrected chi connectivity index (χ0v) is 19.8. The standard InChI is InChI=1S/C23H22N6O2S2/c1-2-11-28-21(31)13-7-3-5-9-15(13)29-22(28)26-27-23(29)32-12-17-24-19(30)18-14-8-4-6-10-16(14)33-20(18)25-17/h3,5,7,9H,2,4,6,8,10-12H2,1H3,(H,24,25,30). The van der Waals surface area contributed by atoms with Crippen LogP contribution in [0.5, 0.6) is 0 Å². The molecule has 8 nitrogen and oxygen atoms in total. The third kappa shape index (κ3) is 3.31. The van der Waals surface area contributed by atoms with E-state index >= 15 is 0 Å². The molecule has 0 spiro atoms. The molecule has 4 heterocycles. The van der Waals surface area contributed by atoms with Gasteiger partial charge in [-0.2, -0.15) is 0 Å².